The van der Waals surface area contributed by atoms with Crippen molar-refractivity contribution < 1.29 is 4.79 Å². The second kappa shape index (κ2) is 7.91. The van der Waals surface area contributed by atoms with Crippen LogP contribution < -0.4 is 0 Å². The van der Waals surface area contributed by atoms with Crippen molar-refractivity contribution in [1.29, 1.82) is 0 Å². The summed E-state index contributed by atoms with van der Waals surface area (Å²) >= 11 is 0. The second-order valence-electron chi connectivity index (χ2n) is 10.1. The van der Waals surface area contributed by atoms with E-state index in [0.29, 0.717) is 17.1 Å². The Balaban J connectivity index is 1.16. The monoisotopic (exact) mass is 360 g/mol. The zero-order valence-electron chi connectivity index (χ0n) is 17.2. The normalized spacial score (nSPS) is 36.4. The SMILES string of the molecule is CCC(=O)[C@H]1CCC2(CC1)C[C@H](N1CCC(N(C)CCC3CC3)CC1)C2. The first-order chi connectivity index (χ1) is 12.6. The maximum absolute atomic E-state index is 12.0. The van der Waals surface area contributed by atoms with Gasteiger partial charge in [0.15, 0.2) is 0 Å². The van der Waals surface area contributed by atoms with Gasteiger partial charge in [-0.1, -0.05) is 19.8 Å². The van der Waals surface area contributed by atoms with E-state index in [0.717, 1.165) is 24.4 Å². The molecule has 1 saturated heterocycles. The number of likely N-dealkylation sites (tertiary alicyclic amines) is 1. The molecule has 0 N–H and O–H groups in total. The summed E-state index contributed by atoms with van der Waals surface area (Å²) in [6, 6.07) is 1.68. The van der Waals surface area contributed by atoms with E-state index in [1.54, 1.807) is 0 Å². The Kier molecular flexibility index (Phi) is 5.76. The Hall–Kier alpha value is -0.410. The average Bonchev–Trinajstić information content (AvgIpc) is 3.48. The van der Waals surface area contributed by atoms with Gasteiger partial charge in [-0.25, -0.2) is 0 Å². The summed E-state index contributed by atoms with van der Waals surface area (Å²) in [7, 11) is 2.36. The fourth-order valence-corrected chi connectivity index (χ4v) is 6.11. The fraction of sp³-hybridized carbons (Fsp3) is 0.957. The van der Waals surface area contributed by atoms with Crippen LogP contribution in [0.3, 0.4) is 0 Å². The molecule has 3 aliphatic carbocycles. The molecule has 0 aromatic carbocycles. The summed E-state index contributed by atoms with van der Waals surface area (Å²) in [5.74, 6) is 1.97. The standard InChI is InChI=1S/C23H40N2O/c1-3-22(26)19-6-11-23(12-7-19)16-21(17-23)25-14-9-20(10-15-25)24(2)13-8-18-4-5-18/h18-21H,3-17H2,1-2H3/t19-,21-,23?. The van der Waals surface area contributed by atoms with Gasteiger partial charge in [0.2, 0.25) is 0 Å². The van der Waals surface area contributed by atoms with E-state index < -0.39 is 0 Å². The predicted octanol–water partition coefficient (Wildman–Crippen LogP) is 4.50. The molecule has 3 saturated carbocycles. The first kappa shape index (κ1) is 18.9. The number of carbonyl (C=O) groups excluding carboxylic acids is 1. The van der Waals surface area contributed by atoms with Crippen molar-refractivity contribution in [2.75, 3.05) is 26.7 Å². The lowest BCUT2D eigenvalue weighted by molar-refractivity contribution is -0.126. The summed E-state index contributed by atoms with van der Waals surface area (Å²) in [4.78, 5) is 17.4. The molecule has 0 radical (unpaired) electrons. The highest BCUT2D eigenvalue weighted by Crippen LogP contribution is 2.54. The van der Waals surface area contributed by atoms with Gasteiger partial charge in [0.25, 0.3) is 0 Å². The van der Waals surface area contributed by atoms with E-state index in [-0.39, 0.29) is 0 Å². The summed E-state index contributed by atoms with van der Waals surface area (Å²) in [5.41, 5.74) is 0.618. The van der Waals surface area contributed by atoms with Crippen molar-refractivity contribution in [3.63, 3.8) is 0 Å². The summed E-state index contributed by atoms with van der Waals surface area (Å²) in [6.45, 7) is 5.98. The van der Waals surface area contributed by atoms with Crippen LogP contribution in [0.1, 0.15) is 84.0 Å². The van der Waals surface area contributed by atoms with Crippen molar-refractivity contribution in [2.45, 2.75) is 96.1 Å². The Morgan fingerprint density at radius 3 is 2.27 bits per heavy atom. The van der Waals surface area contributed by atoms with Gasteiger partial charge in [0.1, 0.15) is 5.78 Å². The number of carbonyl (C=O) groups is 1. The van der Waals surface area contributed by atoms with Gasteiger partial charge in [0, 0.05) is 24.4 Å². The number of hydrogen-bond donors (Lipinski definition) is 0. The van der Waals surface area contributed by atoms with Crippen LogP contribution in [0.15, 0.2) is 0 Å². The van der Waals surface area contributed by atoms with Crippen molar-refractivity contribution in [3.05, 3.63) is 0 Å². The second-order valence-corrected chi connectivity index (χ2v) is 10.1. The van der Waals surface area contributed by atoms with Gasteiger partial charge in [-0.2, -0.15) is 0 Å². The third kappa shape index (κ3) is 4.19. The predicted molar refractivity (Wildman–Crippen MR) is 107 cm³/mol. The Labute approximate surface area is 160 Å². The number of hydrogen-bond acceptors (Lipinski definition) is 3. The largest absolute Gasteiger partial charge is 0.303 e. The molecule has 0 bridgehead atoms. The minimum Gasteiger partial charge on any atom is -0.303 e. The topological polar surface area (TPSA) is 23.6 Å². The highest BCUT2D eigenvalue weighted by molar-refractivity contribution is 5.80. The molecule has 0 unspecified atom stereocenters. The maximum atomic E-state index is 12.0. The molecule has 4 rings (SSSR count). The molecule has 3 heteroatoms. The van der Waals surface area contributed by atoms with Gasteiger partial charge in [-0.15, -0.1) is 0 Å². The van der Waals surface area contributed by atoms with E-state index in [4.69, 9.17) is 0 Å². The molecule has 0 aromatic heterocycles. The van der Waals surface area contributed by atoms with Crippen LogP contribution in [-0.4, -0.2) is 54.3 Å². The molecule has 0 aromatic rings. The minimum atomic E-state index is 0.395. The third-order valence-electron chi connectivity index (χ3n) is 8.41. The average molecular weight is 361 g/mol. The Morgan fingerprint density at radius 1 is 1.04 bits per heavy atom. The maximum Gasteiger partial charge on any atom is 0.135 e. The van der Waals surface area contributed by atoms with Crippen LogP contribution in [0, 0.1) is 17.3 Å². The summed E-state index contributed by atoms with van der Waals surface area (Å²) < 4.78 is 0. The van der Waals surface area contributed by atoms with Crippen molar-refractivity contribution >= 4 is 5.78 Å². The van der Waals surface area contributed by atoms with Gasteiger partial charge >= 0.3 is 0 Å². The van der Waals surface area contributed by atoms with Gasteiger partial charge in [0.05, 0.1) is 0 Å². The molecule has 1 spiro atoms. The van der Waals surface area contributed by atoms with Crippen LogP contribution in [-0.2, 0) is 4.79 Å². The molecule has 4 fully saturated rings. The molecule has 0 atom stereocenters. The van der Waals surface area contributed by atoms with E-state index in [2.05, 4.69) is 16.8 Å². The van der Waals surface area contributed by atoms with Crippen LogP contribution in [0.5, 0.6) is 0 Å². The molecule has 0 amide bonds. The third-order valence-corrected chi connectivity index (χ3v) is 8.41. The molecular weight excluding hydrogens is 320 g/mol. The van der Waals surface area contributed by atoms with Crippen LogP contribution in [0.2, 0.25) is 0 Å². The fourth-order valence-electron chi connectivity index (χ4n) is 6.11. The van der Waals surface area contributed by atoms with Crippen molar-refractivity contribution in [1.82, 2.24) is 9.80 Å². The molecule has 3 nitrogen and oxygen atoms in total. The lowest BCUT2D eigenvalue weighted by Crippen LogP contribution is -2.55. The molecule has 26 heavy (non-hydrogen) atoms. The molecule has 148 valence electrons. The summed E-state index contributed by atoms with van der Waals surface area (Å²) in [5, 5.41) is 0. The minimum absolute atomic E-state index is 0.395. The van der Waals surface area contributed by atoms with Gasteiger partial charge < -0.3 is 9.80 Å². The van der Waals surface area contributed by atoms with Gasteiger partial charge in [-0.05, 0) is 95.8 Å². The van der Waals surface area contributed by atoms with Crippen molar-refractivity contribution in [3.8, 4) is 0 Å². The molecule has 1 aliphatic heterocycles. The van der Waals surface area contributed by atoms with Gasteiger partial charge in [-0.3, -0.25) is 4.79 Å². The lowest BCUT2D eigenvalue weighted by Gasteiger charge is -2.56. The number of nitrogens with zero attached hydrogens (tertiary/aromatic N) is 2. The highest BCUT2D eigenvalue weighted by atomic mass is 16.1. The molecule has 1 heterocycles. The van der Waals surface area contributed by atoms with Crippen molar-refractivity contribution in [2.24, 2.45) is 17.3 Å². The molecular formula is C23H40N2O. The number of Topliss-reactive ketones (excluding diaryl/α,β-unsaturated/α-hetero) is 1. The smallest absolute Gasteiger partial charge is 0.135 e. The van der Waals surface area contributed by atoms with Crippen LogP contribution >= 0.6 is 0 Å². The van der Waals surface area contributed by atoms with E-state index in [1.165, 1.54) is 90.3 Å². The quantitative estimate of drug-likeness (QED) is 0.668. The van der Waals surface area contributed by atoms with Crippen LogP contribution in [0.4, 0.5) is 0 Å². The number of piperidine rings is 1. The zero-order chi connectivity index (χ0) is 18.1. The summed E-state index contributed by atoms with van der Waals surface area (Å²) in [6.07, 6.45) is 15.7. The molecule has 4 aliphatic rings. The van der Waals surface area contributed by atoms with E-state index in [1.807, 2.05) is 6.92 Å². The lowest BCUT2D eigenvalue weighted by atomic mass is 9.56. The Morgan fingerprint density at radius 2 is 1.69 bits per heavy atom. The van der Waals surface area contributed by atoms with E-state index >= 15 is 0 Å². The first-order valence-corrected chi connectivity index (χ1v) is 11.6. The zero-order valence-corrected chi connectivity index (χ0v) is 17.2. The van der Waals surface area contributed by atoms with Crippen LogP contribution in [0.25, 0.3) is 0 Å². The first-order valence-electron chi connectivity index (χ1n) is 11.6. The number of rotatable bonds is 7. The Bertz CT molecular complexity index is 476. The number of ketones is 1. The van der Waals surface area contributed by atoms with E-state index in [9.17, 15) is 4.79 Å². The highest BCUT2D eigenvalue weighted by Gasteiger charge is 2.48.